The number of hydrogen-bond acceptors (Lipinski definition) is 2. The molecule has 0 spiro atoms. The molecule has 3 N–H and O–H groups in total. The first-order valence-electron chi connectivity index (χ1n) is 5.65. The zero-order chi connectivity index (χ0) is 10.7. The maximum absolute atomic E-state index is 5.56. The number of nitrogens with one attached hydrogen (secondary N) is 1. The third kappa shape index (κ3) is 1.06. The summed E-state index contributed by atoms with van der Waals surface area (Å²) in [5, 5.41) is 0. The Morgan fingerprint density at radius 2 is 1.87 bits per heavy atom. The Bertz CT molecular complexity index is 403. The fraction of sp³-hybridized carbons (Fsp3) is 0.538. The van der Waals surface area contributed by atoms with Crippen molar-refractivity contribution in [2.45, 2.75) is 44.1 Å². The van der Waals surface area contributed by atoms with Gasteiger partial charge < -0.3 is 0 Å². The number of aryl methyl sites for hydroxylation is 2. The highest BCUT2D eigenvalue weighted by atomic mass is 15.3. The van der Waals surface area contributed by atoms with Gasteiger partial charge in [0.15, 0.2) is 0 Å². The number of rotatable bonds is 2. The van der Waals surface area contributed by atoms with Crippen LogP contribution in [0.3, 0.4) is 0 Å². The molecule has 0 radical (unpaired) electrons. The van der Waals surface area contributed by atoms with E-state index in [1.165, 1.54) is 30.4 Å². The van der Waals surface area contributed by atoms with E-state index in [2.05, 4.69) is 37.5 Å². The molecule has 0 atom stereocenters. The Kier molecular flexibility index (Phi) is 1.64. The maximum atomic E-state index is 5.56. The van der Waals surface area contributed by atoms with E-state index < -0.39 is 0 Å². The van der Waals surface area contributed by atoms with Crippen LogP contribution < -0.4 is 11.3 Å². The molecule has 0 aliphatic heterocycles. The van der Waals surface area contributed by atoms with Crippen molar-refractivity contribution in [3.63, 3.8) is 0 Å². The van der Waals surface area contributed by atoms with Gasteiger partial charge in [0.2, 0.25) is 0 Å². The van der Waals surface area contributed by atoms with Gasteiger partial charge in [0, 0.05) is 11.0 Å². The summed E-state index contributed by atoms with van der Waals surface area (Å²) in [4.78, 5) is 0. The Labute approximate surface area is 90.8 Å². The van der Waals surface area contributed by atoms with Crippen LogP contribution in [0.2, 0.25) is 0 Å². The Balaban J connectivity index is 1.91. The Morgan fingerprint density at radius 3 is 2.40 bits per heavy atom. The smallest absolute Gasteiger partial charge is 0.0346 e. The highest BCUT2D eigenvalue weighted by molar-refractivity contribution is 5.46. The van der Waals surface area contributed by atoms with Gasteiger partial charge in [0.25, 0.3) is 0 Å². The standard InChI is InChI=1S/C13H18N2/c1-9-3-4-11(10(2)5-9)12-6-13(7-12,8-12)15-14/h3-5,15H,6-8,14H2,1-2H3. The molecule has 2 nitrogen and oxygen atoms in total. The molecule has 2 heteroatoms. The lowest BCUT2D eigenvalue weighted by atomic mass is 9.37. The van der Waals surface area contributed by atoms with Crippen LogP contribution in [-0.4, -0.2) is 5.54 Å². The Morgan fingerprint density at radius 1 is 1.20 bits per heavy atom. The van der Waals surface area contributed by atoms with Gasteiger partial charge in [0.05, 0.1) is 0 Å². The summed E-state index contributed by atoms with van der Waals surface area (Å²) in [6, 6.07) is 6.83. The molecule has 3 aliphatic carbocycles. The van der Waals surface area contributed by atoms with Gasteiger partial charge >= 0.3 is 0 Å². The predicted molar refractivity (Wildman–Crippen MR) is 61.5 cm³/mol. The second kappa shape index (κ2) is 2.63. The molecule has 0 unspecified atom stereocenters. The molecule has 2 bridgehead atoms. The van der Waals surface area contributed by atoms with Crippen LogP contribution in [0.5, 0.6) is 0 Å². The van der Waals surface area contributed by atoms with Crippen molar-refractivity contribution in [2.75, 3.05) is 0 Å². The zero-order valence-corrected chi connectivity index (χ0v) is 9.43. The van der Waals surface area contributed by atoms with Crippen molar-refractivity contribution in [3.05, 3.63) is 34.9 Å². The fourth-order valence-corrected chi connectivity index (χ4v) is 3.64. The van der Waals surface area contributed by atoms with Crippen molar-refractivity contribution < 1.29 is 0 Å². The van der Waals surface area contributed by atoms with Crippen molar-refractivity contribution in [3.8, 4) is 0 Å². The van der Waals surface area contributed by atoms with E-state index in [4.69, 9.17) is 5.84 Å². The lowest BCUT2D eigenvalue weighted by molar-refractivity contribution is -0.0886. The van der Waals surface area contributed by atoms with Crippen LogP contribution in [0.25, 0.3) is 0 Å². The predicted octanol–water partition coefficient (Wildman–Crippen LogP) is 1.94. The molecule has 80 valence electrons. The highest BCUT2D eigenvalue weighted by Gasteiger charge is 2.68. The van der Waals surface area contributed by atoms with E-state index in [9.17, 15) is 0 Å². The van der Waals surface area contributed by atoms with Crippen LogP contribution in [0.15, 0.2) is 18.2 Å². The molecule has 0 saturated heterocycles. The summed E-state index contributed by atoms with van der Waals surface area (Å²) in [7, 11) is 0. The highest BCUT2D eigenvalue weighted by Crippen LogP contribution is 2.67. The van der Waals surface area contributed by atoms with Gasteiger partial charge in [-0.3, -0.25) is 11.3 Å². The molecule has 3 aliphatic rings. The SMILES string of the molecule is Cc1ccc(C23CC(NN)(C2)C3)c(C)c1. The van der Waals surface area contributed by atoms with Crippen LogP contribution in [0.1, 0.15) is 36.0 Å². The average Bonchev–Trinajstić information content (AvgIpc) is 2.04. The molecule has 15 heavy (non-hydrogen) atoms. The molecule has 0 aromatic heterocycles. The first-order chi connectivity index (χ1) is 7.09. The third-order valence-electron chi connectivity index (χ3n) is 4.29. The van der Waals surface area contributed by atoms with Gasteiger partial charge in [-0.1, -0.05) is 23.8 Å². The molecule has 1 aromatic carbocycles. The van der Waals surface area contributed by atoms with Crippen molar-refractivity contribution in [1.29, 1.82) is 0 Å². The largest absolute Gasteiger partial charge is 0.271 e. The molecule has 0 amide bonds. The molecule has 3 fully saturated rings. The second-order valence-corrected chi connectivity index (χ2v) is 5.55. The fourth-order valence-electron chi connectivity index (χ4n) is 3.64. The number of nitrogens with two attached hydrogens (primary N) is 1. The quantitative estimate of drug-likeness (QED) is 0.568. The monoisotopic (exact) mass is 202 g/mol. The van der Waals surface area contributed by atoms with Crippen LogP contribution >= 0.6 is 0 Å². The van der Waals surface area contributed by atoms with Crippen molar-refractivity contribution >= 4 is 0 Å². The second-order valence-electron chi connectivity index (χ2n) is 5.55. The zero-order valence-electron chi connectivity index (χ0n) is 9.43. The van der Waals surface area contributed by atoms with Crippen LogP contribution in [-0.2, 0) is 5.41 Å². The molecule has 0 heterocycles. The molecular weight excluding hydrogens is 184 g/mol. The van der Waals surface area contributed by atoms with Gasteiger partial charge in [-0.2, -0.15) is 0 Å². The minimum Gasteiger partial charge on any atom is -0.271 e. The van der Waals surface area contributed by atoms with Gasteiger partial charge in [0.1, 0.15) is 0 Å². The molecule has 1 aromatic rings. The molecule has 4 rings (SSSR count). The maximum Gasteiger partial charge on any atom is 0.0346 e. The van der Waals surface area contributed by atoms with Gasteiger partial charge in [-0.15, -0.1) is 0 Å². The number of hydrazine groups is 1. The van der Waals surface area contributed by atoms with Gasteiger partial charge in [-0.25, -0.2) is 0 Å². The summed E-state index contributed by atoms with van der Waals surface area (Å²) in [6.07, 6.45) is 3.67. The minimum atomic E-state index is 0.289. The first-order valence-corrected chi connectivity index (χ1v) is 5.65. The van der Waals surface area contributed by atoms with E-state index in [1.807, 2.05) is 0 Å². The normalized spacial score (nSPS) is 37.0. The number of benzene rings is 1. The van der Waals surface area contributed by atoms with Crippen LogP contribution in [0, 0.1) is 13.8 Å². The van der Waals surface area contributed by atoms with Gasteiger partial charge in [-0.05, 0) is 44.2 Å². The van der Waals surface area contributed by atoms with E-state index in [1.54, 1.807) is 5.56 Å². The number of hydrogen-bond donors (Lipinski definition) is 2. The molecule has 3 saturated carbocycles. The van der Waals surface area contributed by atoms with E-state index in [0.29, 0.717) is 5.41 Å². The summed E-state index contributed by atoms with van der Waals surface area (Å²) in [6.45, 7) is 4.38. The lowest BCUT2D eigenvalue weighted by Gasteiger charge is -2.71. The summed E-state index contributed by atoms with van der Waals surface area (Å²) in [5.74, 6) is 5.56. The van der Waals surface area contributed by atoms with E-state index >= 15 is 0 Å². The molecular formula is C13H18N2. The topological polar surface area (TPSA) is 38.0 Å². The summed E-state index contributed by atoms with van der Waals surface area (Å²) in [5.41, 5.74) is 8.07. The van der Waals surface area contributed by atoms with E-state index in [-0.39, 0.29) is 5.54 Å². The first kappa shape index (κ1) is 9.37. The van der Waals surface area contributed by atoms with Crippen molar-refractivity contribution in [1.82, 2.24) is 5.43 Å². The van der Waals surface area contributed by atoms with Crippen molar-refractivity contribution in [2.24, 2.45) is 5.84 Å². The summed E-state index contributed by atoms with van der Waals surface area (Å²) >= 11 is 0. The summed E-state index contributed by atoms with van der Waals surface area (Å²) < 4.78 is 0. The average molecular weight is 202 g/mol. The third-order valence-corrected chi connectivity index (χ3v) is 4.29. The Hall–Kier alpha value is -0.860. The van der Waals surface area contributed by atoms with Crippen LogP contribution in [0.4, 0.5) is 0 Å². The van der Waals surface area contributed by atoms with E-state index in [0.717, 1.165) is 0 Å². The minimum absolute atomic E-state index is 0.289. The lowest BCUT2D eigenvalue weighted by Crippen LogP contribution is -2.77.